The lowest BCUT2D eigenvalue weighted by atomic mass is 10.1. The van der Waals surface area contributed by atoms with Crippen LogP contribution in [0.15, 0.2) is 36.5 Å². The number of hydrogen-bond donors (Lipinski definition) is 2. The van der Waals surface area contributed by atoms with E-state index in [1.807, 2.05) is 37.3 Å². The highest BCUT2D eigenvalue weighted by atomic mass is 35.5. The fourth-order valence-corrected chi connectivity index (χ4v) is 1.85. The highest BCUT2D eigenvalue weighted by Gasteiger charge is 2.10. The highest BCUT2D eigenvalue weighted by Crippen LogP contribution is 2.25. The molecule has 1 aromatic heterocycles. The number of hydrogen-bond acceptors (Lipinski definition) is 4. The lowest BCUT2D eigenvalue weighted by Gasteiger charge is -2.16. The van der Waals surface area contributed by atoms with E-state index in [1.165, 1.54) is 0 Å². The van der Waals surface area contributed by atoms with Crippen molar-refractivity contribution in [1.82, 2.24) is 4.98 Å². The smallest absolute Gasteiger partial charge is 0.151 e. The van der Waals surface area contributed by atoms with Gasteiger partial charge in [0.2, 0.25) is 0 Å². The quantitative estimate of drug-likeness (QED) is 0.898. The maximum absolute atomic E-state index is 8.92. The average molecular weight is 273 g/mol. The first-order chi connectivity index (χ1) is 9.11. The molecule has 5 heteroatoms. The Morgan fingerprint density at radius 2 is 2.00 bits per heavy atom. The molecule has 1 atom stereocenters. The van der Waals surface area contributed by atoms with E-state index in [4.69, 9.17) is 22.6 Å². The summed E-state index contributed by atoms with van der Waals surface area (Å²) in [5.74, 6) is 0.515. The van der Waals surface area contributed by atoms with E-state index in [9.17, 15) is 0 Å². The fourth-order valence-electron chi connectivity index (χ4n) is 1.73. The van der Waals surface area contributed by atoms with E-state index in [0.29, 0.717) is 22.1 Å². The predicted molar refractivity (Wildman–Crippen MR) is 76.9 cm³/mol. The molecule has 2 aromatic rings. The third kappa shape index (κ3) is 2.95. The van der Waals surface area contributed by atoms with E-state index in [0.717, 1.165) is 5.56 Å². The predicted octanol–water partition coefficient (Wildman–Crippen LogP) is 3.36. The molecule has 0 spiro atoms. The van der Waals surface area contributed by atoms with Crippen LogP contribution in [0.3, 0.4) is 0 Å². The molecule has 1 unspecified atom stereocenters. The van der Waals surface area contributed by atoms with Crippen molar-refractivity contribution in [3.63, 3.8) is 0 Å². The summed E-state index contributed by atoms with van der Waals surface area (Å²) < 4.78 is 0. The van der Waals surface area contributed by atoms with Gasteiger partial charge in [-0.3, -0.25) is 0 Å². The number of nitriles is 1. The van der Waals surface area contributed by atoms with Crippen LogP contribution in [0.5, 0.6) is 0 Å². The van der Waals surface area contributed by atoms with Crippen LogP contribution in [0.25, 0.3) is 0 Å². The topological polar surface area (TPSA) is 74.7 Å². The van der Waals surface area contributed by atoms with E-state index in [-0.39, 0.29) is 6.04 Å². The normalized spacial score (nSPS) is 11.6. The summed E-state index contributed by atoms with van der Waals surface area (Å²) in [6.45, 7) is 1.99. The van der Waals surface area contributed by atoms with Crippen molar-refractivity contribution in [2.75, 3.05) is 11.1 Å². The van der Waals surface area contributed by atoms with Crippen molar-refractivity contribution < 1.29 is 0 Å². The zero-order valence-corrected chi connectivity index (χ0v) is 11.1. The summed E-state index contributed by atoms with van der Waals surface area (Å²) >= 11 is 5.85. The Morgan fingerprint density at radius 3 is 2.63 bits per heavy atom. The van der Waals surface area contributed by atoms with Crippen LogP contribution in [-0.2, 0) is 0 Å². The number of nitrogens with zero attached hydrogens (tertiary/aromatic N) is 2. The Kier molecular flexibility index (Phi) is 3.88. The van der Waals surface area contributed by atoms with Crippen molar-refractivity contribution in [3.8, 4) is 6.07 Å². The third-order valence-corrected chi connectivity index (χ3v) is 3.09. The number of anilines is 2. The molecular formula is C14H13ClN4. The summed E-state index contributed by atoms with van der Waals surface area (Å²) in [6, 6.07) is 11.2. The maximum atomic E-state index is 8.92. The molecule has 0 aliphatic carbocycles. The van der Waals surface area contributed by atoms with Crippen LogP contribution in [0.2, 0.25) is 5.02 Å². The first-order valence-corrected chi connectivity index (χ1v) is 6.16. The molecule has 0 saturated carbocycles. The molecule has 0 amide bonds. The van der Waals surface area contributed by atoms with Crippen molar-refractivity contribution >= 4 is 23.1 Å². The van der Waals surface area contributed by atoms with Crippen LogP contribution in [-0.4, -0.2) is 4.98 Å². The Hall–Kier alpha value is -2.25. The van der Waals surface area contributed by atoms with Crippen molar-refractivity contribution in [2.24, 2.45) is 0 Å². The van der Waals surface area contributed by atoms with Gasteiger partial charge in [-0.05, 0) is 30.7 Å². The second-order valence-corrected chi connectivity index (χ2v) is 4.59. The van der Waals surface area contributed by atoms with E-state index in [1.54, 1.807) is 12.3 Å². The van der Waals surface area contributed by atoms with Gasteiger partial charge in [0, 0.05) is 11.2 Å². The van der Waals surface area contributed by atoms with Crippen LogP contribution in [0, 0.1) is 11.3 Å². The molecule has 4 nitrogen and oxygen atoms in total. The van der Waals surface area contributed by atoms with Gasteiger partial charge in [0.25, 0.3) is 0 Å². The minimum atomic E-state index is 0.0148. The maximum Gasteiger partial charge on any atom is 0.151 e. The molecule has 2 rings (SSSR count). The van der Waals surface area contributed by atoms with Crippen LogP contribution < -0.4 is 11.1 Å². The van der Waals surface area contributed by atoms with Crippen molar-refractivity contribution in [2.45, 2.75) is 13.0 Å². The number of nitrogens with two attached hydrogens (primary N) is 1. The van der Waals surface area contributed by atoms with Gasteiger partial charge in [-0.15, -0.1) is 0 Å². The minimum Gasteiger partial charge on any atom is -0.395 e. The second-order valence-electron chi connectivity index (χ2n) is 4.15. The summed E-state index contributed by atoms with van der Waals surface area (Å²) in [5.41, 5.74) is 7.72. The Morgan fingerprint density at radius 1 is 1.32 bits per heavy atom. The zero-order chi connectivity index (χ0) is 13.8. The monoisotopic (exact) mass is 272 g/mol. The molecule has 3 N–H and O–H groups in total. The number of nitrogens with one attached hydrogen (secondary N) is 1. The number of halogens is 1. The number of nitrogen functional groups attached to an aromatic ring is 1. The molecule has 0 aliphatic rings. The zero-order valence-electron chi connectivity index (χ0n) is 10.4. The van der Waals surface area contributed by atoms with Gasteiger partial charge in [-0.2, -0.15) is 5.26 Å². The average Bonchev–Trinajstić information content (AvgIpc) is 2.42. The summed E-state index contributed by atoms with van der Waals surface area (Å²) in [6.07, 6.45) is 1.56. The standard InChI is InChI=1S/C14H13ClN4/c1-9(10-2-4-12(15)5-3-10)19-14-13(17)11(8-16)6-7-18-14/h2-7,9H,17H2,1H3,(H,18,19). The van der Waals surface area contributed by atoms with Crippen molar-refractivity contribution in [3.05, 3.63) is 52.7 Å². The van der Waals surface area contributed by atoms with Crippen LogP contribution >= 0.6 is 11.6 Å². The lowest BCUT2D eigenvalue weighted by molar-refractivity contribution is 0.875. The van der Waals surface area contributed by atoms with Gasteiger partial charge in [-0.1, -0.05) is 23.7 Å². The third-order valence-electron chi connectivity index (χ3n) is 2.83. The van der Waals surface area contributed by atoms with Gasteiger partial charge < -0.3 is 11.1 Å². The summed E-state index contributed by atoms with van der Waals surface area (Å²) in [4.78, 5) is 4.16. The Balaban J connectivity index is 2.22. The number of pyridine rings is 1. The van der Waals surface area contributed by atoms with Crippen LogP contribution in [0.4, 0.5) is 11.5 Å². The molecule has 96 valence electrons. The summed E-state index contributed by atoms with van der Waals surface area (Å²) in [5, 5.41) is 12.8. The van der Waals surface area contributed by atoms with E-state index >= 15 is 0 Å². The van der Waals surface area contributed by atoms with Gasteiger partial charge in [0.05, 0.1) is 17.3 Å². The molecule has 0 fully saturated rings. The van der Waals surface area contributed by atoms with Crippen molar-refractivity contribution in [1.29, 1.82) is 5.26 Å². The molecule has 19 heavy (non-hydrogen) atoms. The first-order valence-electron chi connectivity index (χ1n) is 5.78. The Labute approximate surface area is 116 Å². The van der Waals surface area contributed by atoms with Crippen LogP contribution in [0.1, 0.15) is 24.1 Å². The molecule has 1 heterocycles. The fraction of sp³-hybridized carbons (Fsp3) is 0.143. The van der Waals surface area contributed by atoms with Gasteiger partial charge >= 0.3 is 0 Å². The first kappa shape index (κ1) is 13.2. The molecule has 0 saturated heterocycles. The van der Waals surface area contributed by atoms with E-state index in [2.05, 4.69) is 10.3 Å². The second kappa shape index (κ2) is 5.59. The minimum absolute atomic E-state index is 0.0148. The SMILES string of the molecule is CC(Nc1nccc(C#N)c1N)c1ccc(Cl)cc1. The largest absolute Gasteiger partial charge is 0.395 e. The molecule has 0 aliphatic heterocycles. The number of aromatic nitrogens is 1. The highest BCUT2D eigenvalue weighted by molar-refractivity contribution is 6.30. The number of rotatable bonds is 3. The molecular weight excluding hydrogens is 260 g/mol. The molecule has 1 aromatic carbocycles. The molecule has 0 bridgehead atoms. The van der Waals surface area contributed by atoms with E-state index < -0.39 is 0 Å². The van der Waals surface area contributed by atoms with Gasteiger partial charge in [0.15, 0.2) is 5.82 Å². The molecule has 0 radical (unpaired) electrons. The summed E-state index contributed by atoms with van der Waals surface area (Å²) in [7, 11) is 0. The Bertz CT molecular complexity index is 616. The number of benzene rings is 1. The van der Waals surface area contributed by atoms with Gasteiger partial charge in [-0.25, -0.2) is 4.98 Å². The lowest BCUT2D eigenvalue weighted by Crippen LogP contribution is -2.10. The van der Waals surface area contributed by atoms with Gasteiger partial charge in [0.1, 0.15) is 6.07 Å².